The second-order valence-electron chi connectivity index (χ2n) is 9.28. The van der Waals surface area contributed by atoms with Crippen LogP contribution in [0, 0.1) is 13.8 Å². The third kappa shape index (κ3) is 5.40. The van der Waals surface area contributed by atoms with Gasteiger partial charge in [0.05, 0.1) is 4.90 Å². The molecule has 1 atom stereocenters. The monoisotopic (exact) mass is 475 g/mol. The van der Waals surface area contributed by atoms with Gasteiger partial charge >= 0.3 is 0 Å². The molecule has 2 heterocycles. The van der Waals surface area contributed by atoms with E-state index in [0.717, 1.165) is 53.4 Å². The molecule has 0 aliphatic rings. The molecule has 2 aromatic carbocycles. The van der Waals surface area contributed by atoms with Crippen molar-refractivity contribution in [2.24, 2.45) is 5.73 Å². The highest BCUT2D eigenvalue weighted by Crippen LogP contribution is 2.36. The Morgan fingerprint density at radius 1 is 0.971 bits per heavy atom. The number of H-pyrrole nitrogens is 1. The van der Waals surface area contributed by atoms with Gasteiger partial charge in [0.25, 0.3) is 0 Å². The Balaban J connectivity index is 1.80. The highest BCUT2D eigenvalue weighted by Gasteiger charge is 2.19. The third-order valence-corrected chi connectivity index (χ3v) is 7.60. The zero-order chi connectivity index (χ0) is 24.3. The number of nitrogens with one attached hydrogen (secondary N) is 1. The van der Waals surface area contributed by atoms with Gasteiger partial charge in [-0.15, -0.1) is 0 Å². The maximum atomic E-state index is 12.3. The van der Waals surface area contributed by atoms with E-state index in [4.69, 9.17) is 5.73 Å². The highest BCUT2D eigenvalue weighted by molar-refractivity contribution is 7.90. The van der Waals surface area contributed by atoms with Gasteiger partial charge in [-0.1, -0.05) is 17.2 Å². The van der Waals surface area contributed by atoms with E-state index in [1.54, 1.807) is 6.07 Å². The molecule has 178 valence electrons. The summed E-state index contributed by atoms with van der Waals surface area (Å²) in [4.78, 5) is 8.12. The van der Waals surface area contributed by atoms with Crippen molar-refractivity contribution in [2.75, 3.05) is 12.8 Å². The van der Waals surface area contributed by atoms with Crippen LogP contribution in [0.25, 0.3) is 22.2 Å². The summed E-state index contributed by atoms with van der Waals surface area (Å²) in [6.07, 6.45) is 8.69. The number of aromatic amines is 1. The first-order valence-electron chi connectivity index (χ1n) is 11.8. The molecule has 5 nitrogen and oxygen atoms in total. The second kappa shape index (κ2) is 10.1. The number of hydrogen-bond acceptors (Lipinski definition) is 4. The van der Waals surface area contributed by atoms with E-state index in [-0.39, 0.29) is 0 Å². The van der Waals surface area contributed by atoms with Crippen molar-refractivity contribution in [1.82, 2.24) is 9.97 Å². The lowest BCUT2D eigenvalue weighted by Gasteiger charge is -2.18. The van der Waals surface area contributed by atoms with E-state index < -0.39 is 9.84 Å². The number of rotatable bonds is 9. The Morgan fingerprint density at radius 3 is 2.32 bits per heavy atom. The van der Waals surface area contributed by atoms with Crippen molar-refractivity contribution in [3.05, 3.63) is 83.2 Å². The van der Waals surface area contributed by atoms with Gasteiger partial charge in [0, 0.05) is 35.2 Å². The van der Waals surface area contributed by atoms with E-state index in [1.165, 1.54) is 22.9 Å². The van der Waals surface area contributed by atoms with Gasteiger partial charge in [0.15, 0.2) is 9.84 Å². The lowest BCUT2D eigenvalue weighted by Crippen LogP contribution is -2.06. The van der Waals surface area contributed by atoms with Gasteiger partial charge in [-0.25, -0.2) is 8.42 Å². The summed E-state index contributed by atoms with van der Waals surface area (Å²) in [5.41, 5.74) is 13.8. The molecule has 0 amide bonds. The fourth-order valence-electron chi connectivity index (χ4n) is 4.88. The summed E-state index contributed by atoms with van der Waals surface area (Å²) in [6.45, 7) is 4.87. The number of fused-ring (bicyclic) bond motifs is 1. The number of aryl methyl sites for hydroxylation is 3. The van der Waals surface area contributed by atoms with Crippen LogP contribution < -0.4 is 5.73 Å². The molecule has 0 aliphatic carbocycles. The van der Waals surface area contributed by atoms with Gasteiger partial charge in [-0.3, -0.25) is 4.98 Å². The summed E-state index contributed by atoms with van der Waals surface area (Å²) >= 11 is 0. The molecule has 34 heavy (non-hydrogen) atoms. The molecule has 4 aromatic rings. The maximum Gasteiger partial charge on any atom is 0.175 e. The molecule has 6 heteroatoms. The first-order valence-corrected chi connectivity index (χ1v) is 13.7. The smallest absolute Gasteiger partial charge is 0.175 e. The minimum absolute atomic E-state index is 0.348. The van der Waals surface area contributed by atoms with Gasteiger partial charge < -0.3 is 10.7 Å². The van der Waals surface area contributed by atoms with Crippen molar-refractivity contribution in [1.29, 1.82) is 0 Å². The number of nitrogens with zero attached hydrogens (tertiary/aromatic N) is 1. The average molecular weight is 476 g/mol. The lowest BCUT2D eigenvalue weighted by atomic mass is 9.88. The Labute approximate surface area is 202 Å². The molecule has 4 rings (SSSR count). The molecule has 3 N–H and O–H groups in total. The van der Waals surface area contributed by atoms with Crippen LogP contribution in [-0.2, 0) is 16.3 Å². The largest absolute Gasteiger partial charge is 0.354 e. The molecule has 0 bridgehead atoms. The summed E-state index contributed by atoms with van der Waals surface area (Å²) in [5, 5.41) is 0.976. The first-order chi connectivity index (χ1) is 16.3. The van der Waals surface area contributed by atoms with Crippen LogP contribution in [0.3, 0.4) is 0 Å². The summed E-state index contributed by atoms with van der Waals surface area (Å²) < 4.78 is 24.6. The van der Waals surface area contributed by atoms with E-state index in [2.05, 4.69) is 54.1 Å². The number of aromatic nitrogens is 2. The Kier molecular flexibility index (Phi) is 7.19. The average Bonchev–Trinajstić information content (AvgIpc) is 3.16. The molecule has 0 aliphatic heterocycles. The van der Waals surface area contributed by atoms with Crippen molar-refractivity contribution in [3.8, 4) is 11.3 Å². The molecule has 0 saturated carbocycles. The van der Waals surface area contributed by atoms with Gasteiger partial charge in [0.2, 0.25) is 0 Å². The standard InChI is InChI=1S/C28H33N3O2S/c1-19-15-20(2)17-23(16-19)28-25(26-18-24(34(3,32)33)7-9-27(26)31-28)8-6-21(5-4-12-29)22-10-13-30-14-11-22/h7,9-11,13-18,21,31H,4-6,8,12,29H2,1-3H3. The zero-order valence-electron chi connectivity index (χ0n) is 20.1. The fraction of sp³-hybridized carbons (Fsp3) is 0.321. The predicted molar refractivity (Wildman–Crippen MR) is 140 cm³/mol. The van der Waals surface area contributed by atoms with E-state index >= 15 is 0 Å². The molecule has 0 saturated heterocycles. The Bertz CT molecular complexity index is 1370. The third-order valence-electron chi connectivity index (χ3n) is 6.49. The topological polar surface area (TPSA) is 88.8 Å². The van der Waals surface area contributed by atoms with Crippen LogP contribution in [-0.4, -0.2) is 31.2 Å². The Hall–Kier alpha value is -2.96. The summed E-state index contributed by atoms with van der Waals surface area (Å²) in [6, 6.07) is 16.1. The molecule has 1 unspecified atom stereocenters. The molecule has 0 spiro atoms. The van der Waals surface area contributed by atoms with Gasteiger partial charge in [0.1, 0.15) is 0 Å². The number of benzene rings is 2. The summed E-state index contributed by atoms with van der Waals surface area (Å²) in [5.74, 6) is 0.363. The van der Waals surface area contributed by atoms with Crippen LogP contribution in [0.1, 0.15) is 47.4 Å². The van der Waals surface area contributed by atoms with Crippen LogP contribution in [0.15, 0.2) is 65.8 Å². The van der Waals surface area contributed by atoms with Crippen LogP contribution in [0.4, 0.5) is 0 Å². The maximum absolute atomic E-state index is 12.3. The minimum atomic E-state index is -3.30. The molecule has 2 aromatic heterocycles. The quantitative estimate of drug-likeness (QED) is 0.325. The molecular weight excluding hydrogens is 442 g/mol. The number of nitrogens with two attached hydrogens (primary N) is 1. The van der Waals surface area contributed by atoms with Crippen molar-refractivity contribution < 1.29 is 8.42 Å². The first kappa shape index (κ1) is 24.2. The van der Waals surface area contributed by atoms with Crippen LogP contribution >= 0.6 is 0 Å². The molecule has 0 fully saturated rings. The van der Waals surface area contributed by atoms with E-state index in [9.17, 15) is 8.42 Å². The lowest BCUT2D eigenvalue weighted by molar-refractivity contribution is 0.557. The number of pyridine rings is 1. The van der Waals surface area contributed by atoms with Crippen molar-refractivity contribution >= 4 is 20.7 Å². The zero-order valence-corrected chi connectivity index (χ0v) is 21.0. The summed E-state index contributed by atoms with van der Waals surface area (Å²) in [7, 11) is -3.30. The Morgan fingerprint density at radius 2 is 1.68 bits per heavy atom. The van der Waals surface area contributed by atoms with E-state index in [1.807, 2.05) is 24.5 Å². The van der Waals surface area contributed by atoms with Crippen molar-refractivity contribution in [2.45, 2.75) is 50.3 Å². The second-order valence-corrected chi connectivity index (χ2v) is 11.3. The fourth-order valence-corrected chi connectivity index (χ4v) is 5.53. The van der Waals surface area contributed by atoms with Crippen LogP contribution in [0.2, 0.25) is 0 Å². The molecule has 0 radical (unpaired) electrons. The minimum Gasteiger partial charge on any atom is -0.354 e. The van der Waals surface area contributed by atoms with Gasteiger partial charge in [-0.2, -0.15) is 0 Å². The van der Waals surface area contributed by atoms with Crippen molar-refractivity contribution in [3.63, 3.8) is 0 Å². The highest BCUT2D eigenvalue weighted by atomic mass is 32.2. The number of hydrogen-bond donors (Lipinski definition) is 2. The molecular formula is C28H33N3O2S. The van der Waals surface area contributed by atoms with Gasteiger partial charge in [-0.05, 0) is 111 Å². The van der Waals surface area contributed by atoms with Crippen LogP contribution in [0.5, 0.6) is 0 Å². The van der Waals surface area contributed by atoms with E-state index in [0.29, 0.717) is 17.4 Å². The predicted octanol–water partition coefficient (Wildman–Crippen LogP) is 5.71. The number of sulfone groups is 1. The normalized spacial score (nSPS) is 12.8. The SMILES string of the molecule is Cc1cc(C)cc(-c2[nH]c3ccc(S(C)(=O)=O)cc3c2CCC(CCCN)c2ccncc2)c1.